The summed E-state index contributed by atoms with van der Waals surface area (Å²) < 4.78 is 0.731. The van der Waals surface area contributed by atoms with E-state index in [1.807, 2.05) is 36.1 Å². The molecule has 0 unspecified atom stereocenters. The number of aromatic nitrogens is 1. The topological polar surface area (TPSA) is 53.5 Å². The summed E-state index contributed by atoms with van der Waals surface area (Å²) in [5.41, 5.74) is 2.27. The Morgan fingerprint density at radius 1 is 1.12 bits per heavy atom. The van der Waals surface area contributed by atoms with Crippen molar-refractivity contribution in [3.8, 4) is 0 Å². The van der Waals surface area contributed by atoms with Crippen LogP contribution in [0.25, 0.3) is 0 Å². The first kappa shape index (κ1) is 18.6. The Kier molecular flexibility index (Phi) is 6.04. The van der Waals surface area contributed by atoms with Gasteiger partial charge in [0.1, 0.15) is 6.54 Å². The first-order valence-electron chi connectivity index (χ1n) is 8.81. The molecule has 6 heteroatoms. The quantitative estimate of drug-likeness (QED) is 0.762. The maximum atomic E-state index is 13.1. The van der Waals surface area contributed by atoms with Gasteiger partial charge in [0, 0.05) is 35.6 Å². The third-order valence-corrected chi connectivity index (χ3v) is 4.98. The molecule has 1 aliphatic heterocycles. The van der Waals surface area contributed by atoms with Crippen LogP contribution >= 0.6 is 15.9 Å². The number of piperidine rings is 1. The molecule has 2 aromatic rings. The van der Waals surface area contributed by atoms with Crippen LogP contribution in [0, 0.1) is 6.92 Å². The van der Waals surface area contributed by atoms with Crippen molar-refractivity contribution in [1.29, 1.82) is 0 Å². The highest BCUT2D eigenvalue weighted by atomic mass is 79.9. The van der Waals surface area contributed by atoms with Crippen LogP contribution in [0.3, 0.4) is 0 Å². The fraction of sp³-hybridized carbons (Fsp3) is 0.350. The molecular weight excluding hydrogens is 394 g/mol. The summed E-state index contributed by atoms with van der Waals surface area (Å²) in [6.45, 7) is 3.57. The number of benzene rings is 1. The van der Waals surface area contributed by atoms with Crippen LogP contribution in [0.2, 0.25) is 0 Å². The summed E-state index contributed by atoms with van der Waals surface area (Å²) in [6.07, 6.45) is 6.37. The summed E-state index contributed by atoms with van der Waals surface area (Å²) >= 11 is 3.35. The Balaban J connectivity index is 1.87. The molecule has 2 amide bonds. The largest absolute Gasteiger partial charge is 0.341 e. The number of amides is 2. The van der Waals surface area contributed by atoms with Gasteiger partial charge in [-0.25, -0.2) is 0 Å². The van der Waals surface area contributed by atoms with Crippen molar-refractivity contribution in [3.05, 3.63) is 58.3 Å². The van der Waals surface area contributed by atoms with E-state index in [9.17, 15) is 9.59 Å². The molecule has 0 saturated carbocycles. The standard InChI is InChI=1S/C20H22BrN3O2/c1-15-5-7-18(8-6-15)24(14-19(25)23-9-3-2-4-10-23)20(26)16-11-17(21)13-22-12-16/h5-8,11-13H,2-4,9-10,14H2,1H3. The minimum atomic E-state index is -0.229. The summed E-state index contributed by atoms with van der Waals surface area (Å²) in [5, 5.41) is 0. The molecule has 5 nitrogen and oxygen atoms in total. The highest BCUT2D eigenvalue weighted by Gasteiger charge is 2.25. The maximum absolute atomic E-state index is 13.1. The molecule has 3 rings (SSSR count). The minimum Gasteiger partial charge on any atom is -0.341 e. The molecule has 1 aromatic carbocycles. The summed E-state index contributed by atoms with van der Waals surface area (Å²) in [5.74, 6) is -0.241. The van der Waals surface area contributed by atoms with Crippen molar-refractivity contribution >= 4 is 33.4 Å². The Morgan fingerprint density at radius 3 is 2.46 bits per heavy atom. The molecule has 0 spiro atoms. The molecule has 0 radical (unpaired) electrons. The number of carbonyl (C=O) groups excluding carboxylic acids is 2. The first-order chi connectivity index (χ1) is 12.5. The van der Waals surface area contributed by atoms with Gasteiger partial charge in [0.05, 0.1) is 5.56 Å². The van der Waals surface area contributed by atoms with E-state index < -0.39 is 0 Å². The highest BCUT2D eigenvalue weighted by Crippen LogP contribution is 2.20. The third-order valence-electron chi connectivity index (χ3n) is 4.54. The second-order valence-electron chi connectivity index (χ2n) is 6.56. The van der Waals surface area contributed by atoms with Crippen LogP contribution in [-0.4, -0.2) is 41.3 Å². The van der Waals surface area contributed by atoms with E-state index in [1.54, 1.807) is 17.2 Å². The van der Waals surface area contributed by atoms with Crippen LogP contribution in [0.1, 0.15) is 35.2 Å². The van der Waals surface area contributed by atoms with E-state index in [0.717, 1.165) is 42.4 Å². The van der Waals surface area contributed by atoms with E-state index in [0.29, 0.717) is 11.3 Å². The molecule has 0 atom stereocenters. The number of hydrogen-bond acceptors (Lipinski definition) is 3. The van der Waals surface area contributed by atoms with Gasteiger partial charge in [0.25, 0.3) is 5.91 Å². The first-order valence-corrected chi connectivity index (χ1v) is 9.61. The lowest BCUT2D eigenvalue weighted by Gasteiger charge is -2.30. The van der Waals surface area contributed by atoms with Crippen LogP contribution in [0.5, 0.6) is 0 Å². The van der Waals surface area contributed by atoms with Crippen LogP contribution in [0.4, 0.5) is 5.69 Å². The van der Waals surface area contributed by atoms with Gasteiger partial charge >= 0.3 is 0 Å². The second-order valence-corrected chi connectivity index (χ2v) is 7.48. The van der Waals surface area contributed by atoms with Crippen molar-refractivity contribution in [3.63, 3.8) is 0 Å². The van der Waals surface area contributed by atoms with E-state index >= 15 is 0 Å². The third kappa shape index (κ3) is 4.49. The SMILES string of the molecule is Cc1ccc(N(CC(=O)N2CCCCC2)C(=O)c2cncc(Br)c2)cc1. The van der Waals surface area contributed by atoms with Crippen molar-refractivity contribution in [1.82, 2.24) is 9.88 Å². The molecule has 136 valence electrons. The number of halogens is 1. The van der Waals surface area contributed by atoms with Crippen LogP contribution in [-0.2, 0) is 4.79 Å². The monoisotopic (exact) mass is 415 g/mol. The average molecular weight is 416 g/mol. The van der Waals surface area contributed by atoms with Gasteiger partial charge in [0.2, 0.25) is 5.91 Å². The van der Waals surface area contributed by atoms with Gasteiger partial charge in [-0.15, -0.1) is 0 Å². The highest BCUT2D eigenvalue weighted by molar-refractivity contribution is 9.10. The molecule has 1 fully saturated rings. The summed E-state index contributed by atoms with van der Waals surface area (Å²) in [6, 6.07) is 9.37. The fourth-order valence-electron chi connectivity index (χ4n) is 3.07. The van der Waals surface area contributed by atoms with E-state index in [4.69, 9.17) is 0 Å². The zero-order chi connectivity index (χ0) is 18.5. The molecule has 1 aromatic heterocycles. The van der Waals surface area contributed by atoms with Gasteiger partial charge < -0.3 is 4.90 Å². The molecule has 26 heavy (non-hydrogen) atoms. The normalized spacial score (nSPS) is 14.2. The van der Waals surface area contributed by atoms with E-state index in [2.05, 4.69) is 20.9 Å². The van der Waals surface area contributed by atoms with Crippen LogP contribution < -0.4 is 4.90 Å². The fourth-order valence-corrected chi connectivity index (χ4v) is 3.43. The van der Waals surface area contributed by atoms with Gasteiger partial charge in [-0.1, -0.05) is 17.7 Å². The van der Waals surface area contributed by atoms with Crippen LogP contribution in [0.15, 0.2) is 47.2 Å². The zero-order valence-electron chi connectivity index (χ0n) is 14.8. The number of rotatable bonds is 4. The van der Waals surface area contributed by atoms with Gasteiger partial charge in [-0.2, -0.15) is 0 Å². The van der Waals surface area contributed by atoms with Gasteiger partial charge in [-0.3, -0.25) is 19.5 Å². The Morgan fingerprint density at radius 2 is 1.81 bits per heavy atom. The smallest absolute Gasteiger partial charge is 0.260 e. The van der Waals surface area contributed by atoms with Gasteiger partial charge in [-0.05, 0) is 60.3 Å². The zero-order valence-corrected chi connectivity index (χ0v) is 16.4. The minimum absolute atomic E-state index is 0.0124. The molecule has 1 aliphatic rings. The number of carbonyl (C=O) groups is 2. The molecule has 0 aliphatic carbocycles. The molecular formula is C20H22BrN3O2. The van der Waals surface area contributed by atoms with Crippen molar-refractivity contribution < 1.29 is 9.59 Å². The average Bonchev–Trinajstić information content (AvgIpc) is 2.67. The number of aryl methyl sites for hydroxylation is 1. The van der Waals surface area contributed by atoms with Crippen molar-refractivity contribution in [2.24, 2.45) is 0 Å². The van der Waals surface area contributed by atoms with Crippen molar-refractivity contribution in [2.45, 2.75) is 26.2 Å². The molecule has 2 heterocycles. The number of likely N-dealkylation sites (tertiary alicyclic amines) is 1. The molecule has 0 N–H and O–H groups in total. The Hall–Kier alpha value is -2.21. The summed E-state index contributed by atoms with van der Waals surface area (Å²) in [4.78, 5) is 33.3. The van der Waals surface area contributed by atoms with E-state index in [1.165, 1.54) is 6.20 Å². The molecule has 0 bridgehead atoms. The number of pyridine rings is 1. The Bertz CT molecular complexity index is 786. The second kappa shape index (κ2) is 8.45. The number of anilines is 1. The number of nitrogens with zero attached hydrogens (tertiary/aromatic N) is 3. The summed E-state index contributed by atoms with van der Waals surface area (Å²) in [7, 11) is 0. The lowest BCUT2D eigenvalue weighted by atomic mass is 10.1. The lowest BCUT2D eigenvalue weighted by Crippen LogP contribution is -2.45. The predicted molar refractivity (Wildman–Crippen MR) is 105 cm³/mol. The predicted octanol–water partition coefficient (Wildman–Crippen LogP) is 3.81. The molecule has 1 saturated heterocycles. The number of hydrogen-bond donors (Lipinski definition) is 0. The Labute approximate surface area is 162 Å². The maximum Gasteiger partial charge on any atom is 0.260 e. The van der Waals surface area contributed by atoms with E-state index in [-0.39, 0.29) is 18.4 Å². The van der Waals surface area contributed by atoms with Crippen molar-refractivity contribution in [2.75, 3.05) is 24.5 Å². The lowest BCUT2D eigenvalue weighted by molar-refractivity contribution is -0.130. The van der Waals surface area contributed by atoms with Gasteiger partial charge in [0.15, 0.2) is 0 Å².